The third kappa shape index (κ3) is 6.60. The minimum atomic E-state index is -0.487. The van der Waals surface area contributed by atoms with Crippen molar-refractivity contribution in [1.29, 1.82) is 0 Å². The van der Waals surface area contributed by atoms with E-state index >= 15 is 0 Å². The van der Waals surface area contributed by atoms with E-state index in [4.69, 9.17) is 10.5 Å². The van der Waals surface area contributed by atoms with Crippen LogP contribution in [0.4, 0.5) is 0 Å². The summed E-state index contributed by atoms with van der Waals surface area (Å²) in [6, 6.07) is 7.35. The standard InChI is InChI=1S/C16H27NO2.ClH/c1-11(2)5-10-15(18)16(17)13-6-8-14(9-7-13)19-12(3)4;/h6-9,11-12,15-16,18H,5,10,17H2,1-4H3;1H/t15-,16+;/m0./s1. The van der Waals surface area contributed by atoms with E-state index in [1.165, 1.54) is 0 Å². The number of hydrogen-bond donors (Lipinski definition) is 2. The quantitative estimate of drug-likeness (QED) is 0.807. The molecular formula is C16H28ClNO2. The van der Waals surface area contributed by atoms with Gasteiger partial charge < -0.3 is 15.6 Å². The SMILES string of the molecule is CC(C)CC[C@H](O)[C@H](N)c1ccc(OC(C)C)cc1.Cl. The number of benzene rings is 1. The van der Waals surface area contributed by atoms with E-state index in [0.29, 0.717) is 5.92 Å². The van der Waals surface area contributed by atoms with Gasteiger partial charge in [0.25, 0.3) is 0 Å². The Morgan fingerprint density at radius 1 is 1.05 bits per heavy atom. The lowest BCUT2D eigenvalue weighted by Crippen LogP contribution is -2.26. The molecule has 0 unspecified atom stereocenters. The van der Waals surface area contributed by atoms with E-state index < -0.39 is 6.10 Å². The Hall–Kier alpha value is -0.770. The molecule has 4 heteroatoms. The van der Waals surface area contributed by atoms with Crippen molar-refractivity contribution in [2.24, 2.45) is 11.7 Å². The van der Waals surface area contributed by atoms with Gasteiger partial charge in [-0.2, -0.15) is 0 Å². The van der Waals surface area contributed by atoms with Crippen LogP contribution in [-0.2, 0) is 0 Å². The van der Waals surface area contributed by atoms with Gasteiger partial charge in [-0.1, -0.05) is 26.0 Å². The van der Waals surface area contributed by atoms with Crippen molar-refractivity contribution in [1.82, 2.24) is 0 Å². The molecule has 2 atom stereocenters. The van der Waals surface area contributed by atoms with Crippen molar-refractivity contribution < 1.29 is 9.84 Å². The average molecular weight is 302 g/mol. The second-order valence-corrected chi connectivity index (χ2v) is 5.80. The Kier molecular flexibility index (Phi) is 8.86. The number of aliphatic hydroxyl groups excluding tert-OH is 1. The van der Waals surface area contributed by atoms with Gasteiger partial charge in [0, 0.05) is 0 Å². The molecule has 3 N–H and O–H groups in total. The van der Waals surface area contributed by atoms with E-state index in [9.17, 15) is 5.11 Å². The van der Waals surface area contributed by atoms with Crippen LogP contribution in [0, 0.1) is 5.92 Å². The summed E-state index contributed by atoms with van der Waals surface area (Å²) in [6.45, 7) is 8.29. The van der Waals surface area contributed by atoms with Crippen molar-refractivity contribution in [2.75, 3.05) is 0 Å². The minimum absolute atomic E-state index is 0. The predicted octanol–water partition coefficient (Wildman–Crippen LogP) is 3.69. The van der Waals surface area contributed by atoms with E-state index in [0.717, 1.165) is 24.2 Å². The zero-order chi connectivity index (χ0) is 14.4. The first-order valence-electron chi connectivity index (χ1n) is 7.10. The van der Waals surface area contributed by atoms with Crippen LogP contribution < -0.4 is 10.5 Å². The minimum Gasteiger partial charge on any atom is -0.491 e. The highest BCUT2D eigenvalue weighted by Crippen LogP contribution is 2.22. The van der Waals surface area contributed by atoms with Crippen LogP contribution >= 0.6 is 12.4 Å². The number of hydrogen-bond acceptors (Lipinski definition) is 3. The fraction of sp³-hybridized carbons (Fsp3) is 0.625. The van der Waals surface area contributed by atoms with Crippen molar-refractivity contribution >= 4 is 12.4 Å². The maximum absolute atomic E-state index is 10.1. The molecule has 3 nitrogen and oxygen atoms in total. The third-order valence-electron chi connectivity index (χ3n) is 3.09. The van der Waals surface area contributed by atoms with Crippen LogP contribution in [0.3, 0.4) is 0 Å². The monoisotopic (exact) mass is 301 g/mol. The van der Waals surface area contributed by atoms with Gasteiger partial charge >= 0.3 is 0 Å². The Bertz CT molecular complexity index is 365. The summed E-state index contributed by atoms with van der Waals surface area (Å²) in [5, 5.41) is 10.1. The highest BCUT2D eigenvalue weighted by atomic mass is 35.5. The number of aliphatic hydroxyl groups is 1. The second kappa shape index (κ2) is 9.22. The van der Waals surface area contributed by atoms with E-state index in [1.807, 2.05) is 38.1 Å². The Labute approximate surface area is 128 Å². The first-order chi connectivity index (χ1) is 8.90. The molecule has 0 aliphatic heterocycles. The van der Waals surface area contributed by atoms with Crippen molar-refractivity contribution in [3.05, 3.63) is 29.8 Å². The summed E-state index contributed by atoms with van der Waals surface area (Å²) in [6.07, 6.45) is 1.40. The Morgan fingerprint density at radius 2 is 1.60 bits per heavy atom. The lowest BCUT2D eigenvalue weighted by molar-refractivity contribution is 0.128. The van der Waals surface area contributed by atoms with Crippen molar-refractivity contribution in [3.8, 4) is 5.75 Å². The van der Waals surface area contributed by atoms with Gasteiger partial charge in [-0.15, -0.1) is 12.4 Å². The molecule has 116 valence electrons. The molecule has 0 aromatic heterocycles. The van der Waals surface area contributed by atoms with E-state index in [2.05, 4.69) is 13.8 Å². The van der Waals surface area contributed by atoms with Crippen LogP contribution in [0.5, 0.6) is 5.75 Å². The van der Waals surface area contributed by atoms with Crippen LogP contribution in [-0.4, -0.2) is 17.3 Å². The summed E-state index contributed by atoms with van der Waals surface area (Å²) in [5.41, 5.74) is 7.04. The van der Waals surface area contributed by atoms with Crippen molar-refractivity contribution in [3.63, 3.8) is 0 Å². The molecule has 0 spiro atoms. The van der Waals surface area contributed by atoms with Crippen LogP contribution in [0.2, 0.25) is 0 Å². The molecule has 0 aliphatic carbocycles. The molecule has 0 fully saturated rings. The highest BCUT2D eigenvalue weighted by molar-refractivity contribution is 5.85. The lowest BCUT2D eigenvalue weighted by atomic mass is 9.96. The maximum atomic E-state index is 10.1. The average Bonchev–Trinajstić information content (AvgIpc) is 2.35. The van der Waals surface area contributed by atoms with Gasteiger partial charge in [-0.05, 0) is 50.3 Å². The molecule has 0 saturated carbocycles. The molecule has 0 aliphatic rings. The molecular weight excluding hydrogens is 274 g/mol. The smallest absolute Gasteiger partial charge is 0.119 e. The van der Waals surface area contributed by atoms with Gasteiger partial charge in [0.15, 0.2) is 0 Å². The van der Waals surface area contributed by atoms with Gasteiger partial charge in [0.1, 0.15) is 5.75 Å². The lowest BCUT2D eigenvalue weighted by Gasteiger charge is -2.20. The topological polar surface area (TPSA) is 55.5 Å². The Morgan fingerprint density at radius 3 is 2.05 bits per heavy atom. The van der Waals surface area contributed by atoms with Crippen LogP contribution in [0.1, 0.15) is 52.1 Å². The zero-order valence-corrected chi connectivity index (χ0v) is 13.7. The summed E-state index contributed by atoms with van der Waals surface area (Å²) < 4.78 is 5.59. The summed E-state index contributed by atoms with van der Waals surface area (Å²) in [7, 11) is 0. The molecule has 1 rings (SSSR count). The molecule has 0 saturated heterocycles. The van der Waals surface area contributed by atoms with E-state index in [-0.39, 0.29) is 24.6 Å². The highest BCUT2D eigenvalue weighted by Gasteiger charge is 2.17. The fourth-order valence-corrected chi connectivity index (χ4v) is 1.95. The van der Waals surface area contributed by atoms with Gasteiger partial charge in [0.2, 0.25) is 0 Å². The van der Waals surface area contributed by atoms with Crippen molar-refractivity contribution in [2.45, 2.75) is 58.8 Å². The predicted molar refractivity (Wildman–Crippen MR) is 86.5 cm³/mol. The second-order valence-electron chi connectivity index (χ2n) is 5.80. The zero-order valence-electron chi connectivity index (χ0n) is 12.9. The molecule has 1 aromatic rings. The molecule has 0 bridgehead atoms. The molecule has 0 heterocycles. The summed E-state index contributed by atoms with van der Waals surface area (Å²) in [4.78, 5) is 0. The van der Waals surface area contributed by atoms with E-state index in [1.54, 1.807) is 0 Å². The maximum Gasteiger partial charge on any atom is 0.119 e. The molecule has 0 radical (unpaired) electrons. The number of rotatable bonds is 7. The molecule has 1 aromatic carbocycles. The summed E-state index contributed by atoms with van der Waals surface area (Å²) >= 11 is 0. The van der Waals surface area contributed by atoms with Crippen LogP contribution in [0.15, 0.2) is 24.3 Å². The number of ether oxygens (including phenoxy) is 1. The Balaban J connectivity index is 0.00000361. The number of halogens is 1. The van der Waals surface area contributed by atoms with Crippen LogP contribution in [0.25, 0.3) is 0 Å². The molecule has 20 heavy (non-hydrogen) atoms. The third-order valence-corrected chi connectivity index (χ3v) is 3.09. The van der Waals surface area contributed by atoms with Gasteiger partial charge in [-0.3, -0.25) is 0 Å². The fourth-order valence-electron chi connectivity index (χ4n) is 1.95. The first-order valence-corrected chi connectivity index (χ1v) is 7.10. The van der Waals surface area contributed by atoms with Gasteiger partial charge in [-0.25, -0.2) is 0 Å². The largest absolute Gasteiger partial charge is 0.491 e. The summed E-state index contributed by atoms with van der Waals surface area (Å²) in [5.74, 6) is 1.42. The first kappa shape index (κ1) is 19.2. The normalized spacial score (nSPS) is 14.0. The molecule has 0 amide bonds. The van der Waals surface area contributed by atoms with Gasteiger partial charge in [0.05, 0.1) is 18.2 Å². The number of nitrogens with two attached hydrogens (primary N) is 1.